The Morgan fingerprint density at radius 1 is 1.31 bits per heavy atom. The number of hydrogen-bond acceptors (Lipinski definition) is 2. The highest BCUT2D eigenvalue weighted by Crippen LogP contribution is 2.31. The Morgan fingerprint density at radius 3 is 2.81 bits per heavy atom. The lowest BCUT2D eigenvalue weighted by atomic mass is 10.0. The normalized spacial score (nSPS) is 20.6. The first-order chi connectivity index (χ1) is 7.61. The minimum Gasteiger partial charge on any atom is -0.364 e. The molecule has 0 aliphatic carbocycles. The summed E-state index contributed by atoms with van der Waals surface area (Å²) in [5.74, 6) is 0. The van der Waals surface area contributed by atoms with Gasteiger partial charge in [-0.1, -0.05) is 12.1 Å². The fourth-order valence-electron chi connectivity index (χ4n) is 2.27. The van der Waals surface area contributed by atoms with E-state index < -0.39 is 0 Å². The first kappa shape index (κ1) is 11.9. The van der Waals surface area contributed by atoms with Crippen LogP contribution in [0.1, 0.15) is 20.3 Å². The van der Waals surface area contributed by atoms with Crippen molar-refractivity contribution < 1.29 is 0 Å². The molecule has 3 heteroatoms. The lowest BCUT2D eigenvalue weighted by molar-refractivity contribution is 0.462. The van der Waals surface area contributed by atoms with E-state index in [1.54, 1.807) is 0 Å². The van der Waals surface area contributed by atoms with Crippen LogP contribution < -0.4 is 10.2 Å². The minimum atomic E-state index is 0.167. The summed E-state index contributed by atoms with van der Waals surface area (Å²) < 4.78 is 1.19. The molecule has 0 saturated carbocycles. The quantitative estimate of drug-likeness (QED) is 0.852. The number of hydrogen-bond donors (Lipinski definition) is 1. The van der Waals surface area contributed by atoms with E-state index in [2.05, 4.69) is 64.3 Å². The van der Waals surface area contributed by atoms with Gasteiger partial charge in [0.1, 0.15) is 0 Å². The number of nitrogens with zero attached hydrogens (tertiary/aromatic N) is 1. The summed E-state index contributed by atoms with van der Waals surface area (Å²) in [7, 11) is 0. The molecule has 0 atom stereocenters. The van der Waals surface area contributed by atoms with Gasteiger partial charge in [-0.05, 0) is 54.9 Å². The predicted octanol–water partition coefficient (Wildman–Crippen LogP) is 3.03. The predicted molar refractivity (Wildman–Crippen MR) is 73.1 cm³/mol. The summed E-state index contributed by atoms with van der Waals surface area (Å²) >= 11 is 3.65. The SMILES string of the molecule is CC1(C)CNCCCN1c1ccccc1Br. The Kier molecular flexibility index (Phi) is 3.55. The van der Waals surface area contributed by atoms with Gasteiger partial charge in [-0.15, -0.1) is 0 Å². The van der Waals surface area contributed by atoms with Gasteiger partial charge < -0.3 is 10.2 Å². The first-order valence-electron chi connectivity index (χ1n) is 5.84. The zero-order valence-corrected chi connectivity index (χ0v) is 11.5. The van der Waals surface area contributed by atoms with Crippen LogP contribution in [-0.2, 0) is 0 Å². The molecule has 0 aromatic heterocycles. The van der Waals surface area contributed by atoms with Crippen LogP contribution in [-0.4, -0.2) is 25.2 Å². The molecule has 0 amide bonds. The monoisotopic (exact) mass is 282 g/mol. The summed E-state index contributed by atoms with van der Waals surface area (Å²) in [5, 5.41) is 3.50. The van der Waals surface area contributed by atoms with Crippen LogP contribution in [0.4, 0.5) is 5.69 Å². The number of anilines is 1. The molecule has 2 rings (SSSR count). The number of halogens is 1. The Morgan fingerprint density at radius 2 is 2.06 bits per heavy atom. The standard InChI is InChI=1S/C13H19BrN2/c1-13(2)10-15-8-5-9-16(13)12-7-4-3-6-11(12)14/h3-4,6-7,15H,5,8-10H2,1-2H3. The fraction of sp³-hybridized carbons (Fsp3) is 0.538. The average molecular weight is 283 g/mol. The Bertz CT molecular complexity index is 363. The highest BCUT2D eigenvalue weighted by molar-refractivity contribution is 9.10. The van der Waals surface area contributed by atoms with Gasteiger partial charge in [0.25, 0.3) is 0 Å². The number of rotatable bonds is 1. The summed E-state index contributed by atoms with van der Waals surface area (Å²) in [4.78, 5) is 2.50. The van der Waals surface area contributed by atoms with Crippen molar-refractivity contribution in [1.82, 2.24) is 5.32 Å². The van der Waals surface area contributed by atoms with E-state index in [9.17, 15) is 0 Å². The molecule has 0 bridgehead atoms. The second-order valence-corrected chi connectivity index (χ2v) is 5.80. The van der Waals surface area contributed by atoms with Gasteiger partial charge in [0.2, 0.25) is 0 Å². The van der Waals surface area contributed by atoms with Crippen molar-refractivity contribution in [2.24, 2.45) is 0 Å². The molecule has 1 N–H and O–H groups in total. The third-order valence-electron chi connectivity index (χ3n) is 3.17. The van der Waals surface area contributed by atoms with Gasteiger partial charge >= 0.3 is 0 Å². The molecule has 1 aromatic rings. The molecule has 1 fully saturated rings. The highest BCUT2D eigenvalue weighted by Gasteiger charge is 2.29. The number of benzene rings is 1. The average Bonchev–Trinajstić information content (AvgIpc) is 2.40. The van der Waals surface area contributed by atoms with Crippen molar-refractivity contribution >= 4 is 21.6 Å². The van der Waals surface area contributed by atoms with Crippen molar-refractivity contribution in [2.75, 3.05) is 24.5 Å². The van der Waals surface area contributed by atoms with E-state index in [-0.39, 0.29) is 5.54 Å². The van der Waals surface area contributed by atoms with Crippen LogP contribution in [0.3, 0.4) is 0 Å². The van der Waals surface area contributed by atoms with E-state index in [0.717, 1.165) is 19.6 Å². The van der Waals surface area contributed by atoms with Gasteiger partial charge in [0.15, 0.2) is 0 Å². The van der Waals surface area contributed by atoms with Crippen molar-refractivity contribution in [2.45, 2.75) is 25.8 Å². The molecule has 0 unspecified atom stereocenters. The molecule has 1 aliphatic rings. The number of para-hydroxylation sites is 1. The lowest BCUT2D eigenvalue weighted by Crippen LogP contribution is -2.48. The maximum absolute atomic E-state index is 3.65. The summed E-state index contributed by atoms with van der Waals surface area (Å²) in [6, 6.07) is 8.48. The molecule has 1 aliphatic heterocycles. The molecular formula is C13H19BrN2. The van der Waals surface area contributed by atoms with Crippen LogP contribution in [0.25, 0.3) is 0 Å². The fourth-order valence-corrected chi connectivity index (χ4v) is 2.77. The van der Waals surface area contributed by atoms with E-state index in [1.165, 1.54) is 16.6 Å². The summed E-state index contributed by atoms with van der Waals surface area (Å²) in [6.07, 6.45) is 1.20. The van der Waals surface area contributed by atoms with E-state index in [0.29, 0.717) is 0 Å². The van der Waals surface area contributed by atoms with Crippen LogP contribution in [0.15, 0.2) is 28.7 Å². The van der Waals surface area contributed by atoms with Crippen molar-refractivity contribution in [3.05, 3.63) is 28.7 Å². The Hall–Kier alpha value is -0.540. The van der Waals surface area contributed by atoms with Crippen LogP contribution >= 0.6 is 15.9 Å². The smallest absolute Gasteiger partial charge is 0.0515 e. The van der Waals surface area contributed by atoms with E-state index in [4.69, 9.17) is 0 Å². The third kappa shape index (κ3) is 2.41. The Balaban J connectivity index is 2.33. The molecule has 2 nitrogen and oxygen atoms in total. The molecule has 0 spiro atoms. The van der Waals surface area contributed by atoms with Gasteiger partial charge in [-0.25, -0.2) is 0 Å². The largest absolute Gasteiger partial charge is 0.364 e. The molecule has 88 valence electrons. The third-order valence-corrected chi connectivity index (χ3v) is 3.84. The zero-order valence-electron chi connectivity index (χ0n) is 9.96. The molecule has 1 aromatic carbocycles. The first-order valence-corrected chi connectivity index (χ1v) is 6.63. The maximum Gasteiger partial charge on any atom is 0.0515 e. The van der Waals surface area contributed by atoms with Gasteiger partial charge in [-0.2, -0.15) is 0 Å². The summed E-state index contributed by atoms with van der Waals surface area (Å²) in [6.45, 7) is 7.86. The lowest BCUT2D eigenvalue weighted by Gasteiger charge is -2.39. The van der Waals surface area contributed by atoms with Crippen LogP contribution in [0, 0.1) is 0 Å². The van der Waals surface area contributed by atoms with Crippen LogP contribution in [0.5, 0.6) is 0 Å². The summed E-state index contributed by atoms with van der Waals surface area (Å²) in [5.41, 5.74) is 1.47. The van der Waals surface area contributed by atoms with E-state index >= 15 is 0 Å². The van der Waals surface area contributed by atoms with Gasteiger partial charge in [0, 0.05) is 23.1 Å². The Labute approximate surface area is 106 Å². The van der Waals surface area contributed by atoms with Gasteiger partial charge in [0.05, 0.1) is 5.69 Å². The second-order valence-electron chi connectivity index (χ2n) is 4.95. The highest BCUT2D eigenvalue weighted by atomic mass is 79.9. The molecule has 1 heterocycles. The minimum absolute atomic E-state index is 0.167. The topological polar surface area (TPSA) is 15.3 Å². The van der Waals surface area contributed by atoms with Crippen LogP contribution in [0.2, 0.25) is 0 Å². The zero-order chi connectivity index (χ0) is 11.6. The molecule has 1 saturated heterocycles. The van der Waals surface area contributed by atoms with Crippen molar-refractivity contribution in [3.8, 4) is 0 Å². The molecule has 16 heavy (non-hydrogen) atoms. The maximum atomic E-state index is 3.65. The van der Waals surface area contributed by atoms with E-state index in [1.807, 2.05) is 0 Å². The van der Waals surface area contributed by atoms with Gasteiger partial charge in [-0.3, -0.25) is 0 Å². The second kappa shape index (κ2) is 4.76. The van der Waals surface area contributed by atoms with Crippen molar-refractivity contribution in [1.29, 1.82) is 0 Å². The number of nitrogens with one attached hydrogen (secondary N) is 1. The molecular weight excluding hydrogens is 264 g/mol. The molecule has 0 radical (unpaired) electrons. The van der Waals surface area contributed by atoms with Crippen molar-refractivity contribution in [3.63, 3.8) is 0 Å².